The van der Waals surface area contributed by atoms with Crippen molar-refractivity contribution in [2.45, 2.75) is 51.0 Å². The van der Waals surface area contributed by atoms with Crippen molar-refractivity contribution < 1.29 is 14.7 Å². The van der Waals surface area contributed by atoms with E-state index in [-0.39, 0.29) is 5.91 Å². The van der Waals surface area contributed by atoms with Crippen molar-refractivity contribution in [1.82, 2.24) is 15.2 Å². The second-order valence-corrected chi connectivity index (χ2v) is 7.33. The van der Waals surface area contributed by atoms with Gasteiger partial charge in [0.15, 0.2) is 0 Å². The summed E-state index contributed by atoms with van der Waals surface area (Å²) >= 11 is 0. The average molecular weight is 360 g/mol. The number of pyridine rings is 1. The summed E-state index contributed by atoms with van der Waals surface area (Å²) in [6.07, 6.45) is 8.51. The molecule has 1 aromatic rings. The van der Waals surface area contributed by atoms with Crippen LogP contribution in [0.5, 0.6) is 0 Å². The van der Waals surface area contributed by atoms with E-state index in [4.69, 9.17) is 5.11 Å². The van der Waals surface area contributed by atoms with Gasteiger partial charge in [0, 0.05) is 37.4 Å². The summed E-state index contributed by atoms with van der Waals surface area (Å²) in [7, 11) is 0. The van der Waals surface area contributed by atoms with E-state index < -0.39 is 6.09 Å². The van der Waals surface area contributed by atoms with Crippen LogP contribution in [0, 0.1) is 5.92 Å². The lowest BCUT2D eigenvalue weighted by Gasteiger charge is -2.30. The summed E-state index contributed by atoms with van der Waals surface area (Å²) in [5.41, 5.74) is 0.612. The first-order chi connectivity index (χ1) is 12.6. The van der Waals surface area contributed by atoms with Gasteiger partial charge in [-0.1, -0.05) is 19.3 Å². The molecule has 0 unspecified atom stereocenters. The number of piperidine rings is 1. The van der Waals surface area contributed by atoms with Gasteiger partial charge in [-0.15, -0.1) is 0 Å². The van der Waals surface area contributed by atoms with E-state index in [0.717, 1.165) is 31.5 Å². The second-order valence-electron chi connectivity index (χ2n) is 7.33. The maximum atomic E-state index is 12.4. The minimum Gasteiger partial charge on any atom is -0.465 e. The van der Waals surface area contributed by atoms with E-state index in [1.165, 1.54) is 24.2 Å². The molecular weight excluding hydrogens is 332 g/mol. The maximum Gasteiger partial charge on any atom is 0.407 e. The third kappa shape index (κ3) is 5.09. The molecule has 142 valence electrons. The third-order valence-electron chi connectivity index (χ3n) is 5.42. The average Bonchev–Trinajstić information content (AvgIpc) is 2.67. The fraction of sp³-hybridized carbons (Fsp3) is 0.632. The molecule has 1 aliphatic carbocycles. The minimum absolute atomic E-state index is 0.0974. The number of aromatic nitrogens is 1. The Morgan fingerprint density at radius 3 is 2.58 bits per heavy atom. The van der Waals surface area contributed by atoms with Crippen molar-refractivity contribution >= 4 is 17.8 Å². The van der Waals surface area contributed by atoms with Gasteiger partial charge in [0.05, 0.1) is 0 Å². The van der Waals surface area contributed by atoms with Gasteiger partial charge < -0.3 is 20.6 Å². The maximum absolute atomic E-state index is 12.4. The molecule has 1 saturated heterocycles. The molecule has 2 amide bonds. The Morgan fingerprint density at radius 2 is 1.88 bits per heavy atom. The van der Waals surface area contributed by atoms with Gasteiger partial charge in [-0.05, 0) is 43.7 Å². The first-order valence-corrected chi connectivity index (χ1v) is 9.60. The molecule has 1 saturated carbocycles. The van der Waals surface area contributed by atoms with Gasteiger partial charge in [0.25, 0.3) is 5.91 Å². The highest BCUT2D eigenvalue weighted by Crippen LogP contribution is 2.21. The van der Waals surface area contributed by atoms with Crippen LogP contribution in [-0.4, -0.2) is 52.7 Å². The Morgan fingerprint density at radius 1 is 1.15 bits per heavy atom. The number of carbonyl (C=O) groups excluding carboxylic acids is 1. The Bertz CT molecular complexity index is 623. The molecule has 3 N–H and O–H groups in total. The van der Waals surface area contributed by atoms with Gasteiger partial charge in [-0.3, -0.25) is 4.79 Å². The van der Waals surface area contributed by atoms with Crippen molar-refractivity contribution in [3.8, 4) is 0 Å². The number of nitrogens with one attached hydrogen (secondary N) is 2. The molecule has 0 atom stereocenters. The van der Waals surface area contributed by atoms with Crippen LogP contribution in [-0.2, 0) is 0 Å². The Hall–Kier alpha value is -2.31. The van der Waals surface area contributed by atoms with Crippen molar-refractivity contribution in [3.05, 3.63) is 23.9 Å². The normalized spacial score (nSPS) is 19.2. The zero-order valence-corrected chi connectivity index (χ0v) is 15.1. The van der Waals surface area contributed by atoms with Crippen molar-refractivity contribution in [2.24, 2.45) is 5.92 Å². The fourth-order valence-electron chi connectivity index (χ4n) is 3.77. The summed E-state index contributed by atoms with van der Waals surface area (Å²) in [4.78, 5) is 29.1. The van der Waals surface area contributed by atoms with Crippen molar-refractivity contribution in [1.29, 1.82) is 0 Å². The van der Waals surface area contributed by atoms with E-state index in [1.54, 1.807) is 12.3 Å². The Kier molecular flexibility index (Phi) is 6.30. The standard InChI is InChI=1S/C19H28N4O3/c24-18(21-13-14-7-10-23(11-8-14)19(25)26)15-6-9-20-17(12-15)22-16-4-2-1-3-5-16/h6,9,12,14,16H,1-5,7-8,10-11,13H2,(H,20,22)(H,21,24)(H,25,26). The number of likely N-dealkylation sites (tertiary alicyclic amines) is 1. The van der Waals surface area contributed by atoms with Crippen LogP contribution in [0.4, 0.5) is 10.6 Å². The van der Waals surface area contributed by atoms with E-state index in [0.29, 0.717) is 37.2 Å². The van der Waals surface area contributed by atoms with Crippen LogP contribution in [0.1, 0.15) is 55.3 Å². The minimum atomic E-state index is -0.859. The Labute approximate surface area is 154 Å². The zero-order chi connectivity index (χ0) is 18.4. The zero-order valence-electron chi connectivity index (χ0n) is 15.1. The molecule has 0 spiro atoms. The molecule has 1 aromatic heterocycles. The number of carbonyl (C=O) groups is 2. The summed E-state index contributed by atoms with van der Waals surface area (Å²) in [5.74, 6) is 0.996. The number of anilines is 1. The van der Waals surface area contributed by atoms with Gasteiger partial charge in [-0.2, -0.15) is 0 Å². The van der Waals surface area contributed by atoms with Gasteiger partial charge in [0.1, 0.15) is 5.82 Å². The summed E-state index contributed by atoms with van der Waals surface area (Å²) in [6.45, 7) is 1.67. The monoisotopic (exact) mass is 360 g/mol. The molecule has 7 nitrogen and oxygen atoms in total. The predicted octanol–water partition coefficient (Wildman–Crippen LogP) is 2.95. The van der Waals surface area contributed by atoms with Gasteiger partial charge in [-0.25, -0.2) is 9.78 Å². The Balaban J connectivity index is 1.47. The van der Waals surface area contributed by atoms with E-state index in [1.807, 2.05) is 6.07 Å². The molecule has 7 heteroatoms. The lowest BCUT2D eigenvalue weighted by molar-refractivity contribution is 0.0928. The topological polar surface area (TPSA) is 94.6 Å². The fourth-order valence-corrected chi connectivity index (χ4v) is 3.77. The molecule has 0 radical (unpaired) electrons. The first-order valence-electron chi connectivity index (χ1n) is 9.60. The second kappa shape index (κ2) is 8.87. The highest BCUT2D eigenvalue weighted by molar-refractivity contribution is 5.94. The molecule has 2 fully saturated rings. The van der Waals surface area contributed by atoms with Gasteiger partial charge in [0.2, 0.25) is 0 Å². The summed E-state index contributed by atoms with van der Waals surface area (Å²) in [6, 6.07) is 4.00. The molecule has 2 heterocycles. The SMILES string of the molecule is O=C(NCC1CCN(C(=O)O)CC1)c1ccnc(NC2CCCCC2)c1. The predicted molar refractivity (Wildman–Crippen MR) is 99.4 cm³/mol. The van der Waals surface area contributed by atoms with Crippen LogP contribution in [0.25, 0.3) is 0 Å². The van der Waals surface area contributed by atoms with Crippen LogP contribution in [0.15, 0.2) is 18.3 Å². The largest absolute Gasteiger partial charge is 0.465 e. The lowest BCUT2D eigenvalue weighted by Crippen LogP contribution is -2.40. The highest BCUT2D eigenvalue weighted by atomic mass is 16.4. The summed E-state index contributed by atoms with van der Waals surface area (Å²) < 4.78 is 0. The van der Waals surface area contributed by atoms with Gasteiger partial charge >= 0.3 is 6.09 Å². The lowest BCUT2D eigenvalue weighted by atomic mass is 9.95. The van der Waals surface area contributed by atoms with Crippen LogP contribution < -0.4 is 10.6 Å². The number of nitrogens with zero attached hydrogens (tertiary/aromatic N) is 2. The first kappa shape index (κ1) is 18.5. The smallest absolute Gasteiger partial charge is 0.407 e. The molecular formula is C19H28N4O3. The van der Waals surface area contributed by atoms with Crippen LogP contribution >= 0.6 is 0 Å². The van der Waals surface area contributed by atoms with Crippen molar-refractivity contribution in [3.63, 3.8) is 0 Å². The van der Waals surface area contributed by atoms with Crippen LogP contribution in [0.3, 0.4) is 0 Å². The molecule has 26 heavy (non-hydrogen) atoms. The number of amides is 2. The van der Waals surface area contributed by atoms with Crippen molar-refractivity contribution in [2.75, 3.05) is 25.0 Å². The molecule has 0 bridgehead atoms. The number of rotatable bonds is 5. The summed E-state index contributed by atoms with van der Waals surface area (Å²) in [5, 5.41) is 15.4. The molecule has 0 aromatic carbocycles. The van der Waals surface area contributed by atoms with E-state index in [9.17, 15) is 9.59 Å². The van der Waals surface area contributed by atoms with Crippen LogP contribution in [0.2, 0.25) is 0 Å². The number of hydrogen-bond donors (Lipinski definition) is 3. The molecule has 1 aliphatic heterocycles. The number of hydrogen-bond acceptors (Lipinski definition) is 4. The third-order valence-corrected chi connectivity index (χ3v) is 5.42. The highest BCUT2D eigenvalue weighted by Gasteiger charge is 2.22. The molecule has 2 aliphatic rings. The van der Waals surface area contributed by atoms with E-state index in [2.05, 4.69) is 15.6 Å². The number of carboxylic acid groups (broad SMARTS) is 1. The molecule has 3 rings (SSSR count). The quantitative estimate of drug-likeness (QED) is 0.750. The van der Waals surface area contributed by atoms with E-state index >= 15 is 0 Å².